The fraction of sp³-hybridized carbons (Fsp3) is 0.308. The second-order valence-electron chi connectivity index (χ2n) is 3.99. The Morgan fingerprint density at radius 1 is 1.33 bits per heavy atom. The summed E-state index contributed by atoms with van der Waals surface area (Å²) in [7, 11) is 0. The Morgan fingerprint density at radius 3 is 2.87 bits per heavy atom. The number of nitrogens with zero attached hydrogens (tertiary/aromatic N) is 1. The molecule has 0 spiro atoms. The number of benzene rings is 1. The number of rotatable bonds is 2. The van der Waals surface area contributed by atoms with Gasteiger partial charge in [-0.2, -0.15) is 0 Å². The molecule has 2 N–H and O–H groups in total. The van der Waals surface area contributed by atoms with E-state index in [9.17, 15) is 0 Å². The van der Waals surface area contributed by atoms with Gasteiger partial charge in [-0.1, -0.05) is 26.0 Å². The maximum Gasteiger partial charge on any atom is 0.131 e. The van der Waals surface area contributed by atoms with Crippen molar-refractivity contribution < 1.29 is 0 Å². The lowest BCUT2D eigenvalue weighted by molar-refractivity contribution is 0.735. The van der Waals surface area contributed by atoms with Crippen LogP contribution in [-0.4, -0.2) is 4.98 Å². The largest absolute Gasteiger partial charge is 0.383 e. The first-order valence-electron chi connectivity index (χ1n) is 5.36. The number of hydrogen-bond acceptors (Lipinski definition) is 2. The van der Waals surface area contributed by atoms with E-state index in [-0.39, 0.29) is 0 Å². The minimum absolute atomic E-state index is 0.578. The topological polar surface area (TPSA) is 38.9 Å². The van der Waals surface area contributed by atoms with Crippen molar-refractivity contribution >= 4 is 16.6 Å². The molecule has 0 aliphatic heterocycles. The van der Waals surface area contributed by atoms with E-state index in [1.807, 2.05) is 6.07 Å². The molecule has 2 aromatic rings. The van der Waals surface area contributed by atoms with Crippen LogP contribution in [0.1, 0.15) is 31.7 Å². The lowest BCUT2D eigenvalue weighted by atomic mass is 9.96. The zero-order chi connectivity index (χ0) is 10.8. The third-order valence-electron chi connectivity index (χ3n) is 3.00. The van der Waals surface area contributed by atoms with Crippen LogP contribution in [0.5, 0.6) is 0 Å². The molecule has 78 valence electrons. The number of aromatic nitrogens is 1. The Balaban J connectivity index is 2.59. The molecule has 1 atom stereocenters. The summed E-state index contributed by atoms with van der Waals surface area (Å²) in [6, 6.07) is 8.45. The van der Waals surface area contributed by atoms with Gasteiger partial charge in [0, 0.05) is 11.6 Å². The minimum Gasteiger partial charge on any atom is -0.383 e. The van der Waals surface area contributed by atoms with Crippen LogP contribution < -0.4 is 5.73 Å². The summed E-state index contributed by atoms with van der Waals surface area (Å²) in [6.07, 6.45) is 2.90. The second kappa shape index (κ2) is 3.89. The van der Waals surface area contributed by atoms with Gasteiger partial charge in [0.25, 0.3) is 0 Å². The first kappa shape index (κ1) is 9.97. The van der Waals surface area contributed by atoms with Gasteiger partial charge < -0.3 is 5.73 Å². The van der Waals surface area contributed by atoms with Gasteiger partial charge in [0.1, 0.15) is 5.82 Å². The van der Waals surface area contributed by atoms with Gasteiger partial charge in [0.2, 0.25) is 0 Å². The molecule has 2 rings (SSSR count). The molecule has 2 heteroatoms. The lowest BCUT2D eigenvalue weighted by Crippen LogP contribution is -1.94. The van der Waals surface area contributed by atoms with Crippen molar-refractivity contribution in [3.63, 3.8) is 0 Å². The van der Waals surface area contributed by atoms with Crippen molar-refractivity contribution in [2.24, 2.45) is 0 Å². The molecule has 0 aliphatic rings. The highest BCUT2D eigenvalue weighted by Gasteiger charge is 2.05. The van der Waals surface area contributed by atoms with Crippen LogP contribution in [0, 0.1) is 0 Å². The van der Waals surface area contributed by atoms with Crippen molar-refractivity contribution in [2.45, 2.75) is 26.2 Å². The van der Waals surface area contributed by atoms with Crippen molar-refractivity contribution in [2.75, 3.05) is 5.73 Å². The molecule has 1 unspecified atom stereocenters. The van der Waals surface area contributed by atoms with Gasteiger partial charge in [0.15, 0.2) is 0 Å². The highest BCUT2D eigenvalue weighted by Crippen LogP contribution is 2.25. The molecule has 0 saturated carbocycles. The van der Waals surface area contributed by atoms with Crippen LogP contribution in [-0.2, 0) is 0 Å². The minimum atomic E-state index is 0.578. The summed E-state index contributed by atoms with van der Waals surface area (Å²) in [5.74, 6) is 1.20. The number of nitrogens with two attached hydrogens (primary N) is 1. The van der Waals surface area contributed by atoms with Crippen LogP contribution in [0.3, 0.4) is 0 Å². The first-order valence-corrected chi connectivity index (χ1v) is 5.36. The SMILES string of the molecule is CCC(C)c1ccc2ccnc(N)c2c1. The third-order valence-corrected chi connectivity index (χ3v) is 3.00. The molecule has 0 fully saturated rings. The molecule has 0 saturated heterocycles. The predicted molar refractivity (Wildman–Crippen MR) is 64.9 cm³/mol. The molecule has 1 aromatic carbocycles. The van der Waals surface area contributed by atoms with Crippen LogP contribution >= 0.6 is 0 Å². The van der Waals surface area contributed by atoms with E-state index in [1.54, 1.807) is 6.20 Å². The van der Waals surface area contributed by atoms with Gasteiger partial charge in [-0.3, -0.25) is 0 Å². The highest BCUT2D eigenvalue weighted by atomic mass is 14.8. The average molecular weight is 200 g/mol. The van der Waals surface area contributed by atoms with Gasteiger partial charge in [0.05, 0.1) is 0 Å². The molecule has 0 amide bonds. The summed E-state index contributed by atoms with van der Waals surface area (Å²) < 4.78 is 0. The van der Waals surface area contributed by atoms with Gasteiger partial charge in [-0.25, -0.2) is 4.98 Å². The summed E-state index contributed by atoms with van der Waals surface area (Å²) in [4.78, 5) is 4.11. The molecule has 1 heterocycles. The Morgan fingerprint density at radius 2 is 2.13 bits per heavy atom. The monoisotopic (exact) mass is 200 g/mol. The molecule has 2 nitrogen and oxygen atoms in total. The van der Waals surface area contributed by atoms with E-state index in [1.165, 1.54) is 5.56 Å². The molecule has 0 aliphatic carbocycles. The maximum atomic E-state index is 5.86. The van der Waals surface area contributed by atoms with Crippen molar-refractivity contribution in [3.05, 3.63) is 36.0 Å². The summed E-state index contributed by atoms with van der Waals surface area (Å²) in [5.41, 5.74) is 7.19. The van der Waals surface area contributed by atoms with Crippen LogP contribution in [0.4, 0.5) is 5.82 Å². The fourth-order valence-electron chi connectivity index (χ4n) is 1.75. The van der Waals surface area contributed by atoms with E-state index in [2.05, 4.69) is 37.0 Å². The van der Waals surface area contributed by atoms with Gasteiger partial charge in [-0.05, 0) is 35.4 Å². The first-order chi connectivity index (χ1) is 7.22. The molecule has 15 heavy (non-hydrogen) atoms. The summed E-state index contributed by atoms with van der Waals surface area (Å²) >= 11 is 0. The number of anilines is 1. The number of fused-ring (bicyclic) bond motifs is 1. The van der Waals surface area contributed by atoms with Crippen LogP contribution in [0.25, 0.3) is 10.8 Å². The van der Waals surface area contributed by atoms with Crippen molar-refractivity contribution in [1.29, 1.82) is 0 Å². The molecular formula is C13H16N2. The quantitative estimate of drug-likeness (QED) is 0.807. The predicted octanol–water partition coefficient (Wildman–Crippen LogP) is 3.33. The van der Waals surface area contributed by atoms with E-state index < -0.39 is 0 Å². The summed E-state index contributed by atoms with van der Waals surface area (Å²) in [6.45, 7) is 4.43. The lowest BCUT2D eigenvalue weighted by Gasteiger charge is -2.10. The smallest absolute Gasteiger partial charge is 0.131 e. The molecule has 1 aromatic heterocycles. The van der Waals surface area contributed by atoms with Gasteiger partial charge >= 0.3 is 0 Å². The van der Waals surface area contributed by atoms with Crippen LogP contribution in [0.15, 0.2) is 30.5 Å². The normalized spacial score (nSPS) is 12.9. The number of nitrogen functional groups attached to an aromatic ring is 1. The third kappa shape index (κ3) is 1.80. The average Bonchev–Trinajstić information content (AvgIpc) is 2.28. The Bertz CT molecular complexity index is 477. The van der Waals surface area contributed by atoms with Crippen LogP contribution in [0.2, 0.25) is 0 Å². The molecule has 0 radical (unpaired) electrons. The number of hydrogen-bond donors (Lipinski definition) is 1. The molecular weight excluding hydrogens is 184 g/mol. The standard InChI is InChI=1S/C13H16N2/c1-3-9(2)11-5-4-10-6-7-15-13(14)12(10)8-11/h4-9H,3H2,1-2H3,(H2,14,15). The zero-order valence-electron chi connectivity index (χ0n) is 9.20. The number of pyridine rings is 1. The zero-order valence-corrected chi connectivity index (χ0v) is 9.20. The Hall–Kier alpha value is -1.57. The van der Waals surface area contributed by atoms with E-state index >= 15 is 0 Å². The summed E-state index contributed by atoms with van der Waals surface area (Å²) in [5, 5.41) is 2.23. The maximum absolute atomic E-state index is 5.86. The Labute approximate surface area is 90.1 Å². The van der Waals surface area contributed by atoms with E-state index in [4.69, 9.17) is 5.73 Å². The van der Waals surface area contributed by atoms with Crippen molar-refractivity contribution in [1.82, 2.24) is 4.98 Å². The molecule has 0 bridgehead atoms. The van der Waals surface area contributed by atoms with E-state index in [0.29, 0.717) is 11.7 Å². The van der Waals surface area contributed by atoms with E-state index in [0.717, 1.165) is 17.2 Å². The Kier molecular flexibility index (Phi) is 2.58. The second-order valence-corrected chi connectivity index (χ2v) is 3.99. The van der Waals surface area contributed by atoms with Gasteiger partial charge in [-0.15, -0.1) is 0 Å². The van der Waals surface area contributed by atoms with Crippen molar-refractivity contribution in [3.8, 4) is 0 Å². The highest BCUT2D eigenvalue weighted by molar-refractivity contribution is 5.91. The fourth-order valence-corrected chi connectivity index (χ4v) is 1.75.